The highest BCUT2D eigenvalue weighted by Gasteiger charge is 2.33. The van der Waals surface area contributed by atoms with Gasteiger partial charge in [0, 0.05) is 12.8 Å². The van der Waals surface area contributed by atoms with E-state index in [1.165, 1.54) is 11.6 Å². The molecule has 1 aliphatic carbocycles. The molecule has 0 amide bonds. The van der Waals surface area contributed by atoms with Crippen molar-refractivity contribution in [3.8, 4) is 0 Å². The number of rotatable bonds is 16. The molecule has 0 saturated heterocycles. The molecule has 1 rings (SSSR count). The van der Waals surface area contributed by atoms with E-state index in [1.807, 2.05) is 58.9 Å². The zero-order valence-electron chi connectivity index (χ0n) is 27.2. The number of carbonyl (C=O) groups is 3. The molecule has 1 atom stereocenters. The predicted molar refractivity (Wildman–Crippen MR) is 174 cm³/mol. The first-order valence-corrected chi connectivity index (χ1v) is 15.1. The molecule has 0 radical (unpaired) electrons. The summed E-state index contributed by atoms with van der Waals surface area (Å²) in [5.41, 5.74) is 6.28. The van der Waals surface area contributed by atoms with Crippen molar-refractivity contribution in [3.63, 3.8) is 0 Å². The fraction of sp³-hybridized carbons (Fsp3) is 0.486. The van der Waals surface area contributed by atoms with E-state index in [1.54, 1.807) is 6.08 Å². The van der Waals surface area contributed by atoms with Crippen LogP contribution in [0, 0.1) is 5.41 Å². The van der Waals surface area contributed by atoms with Gasteiger partial charge in [-0.2, -0.15) is 0 Å². The van der Waals surface area contributed by atoms with E-state index in [-0.39, 0.29) is 23.5 Å². The predicted octanol–water partition coefficient (Wildman–Crippen LogP) is 9.55. The van der Waals surface area contributed by atoms with Gasteiger partial charge in [-0.05, 0) is 113 Å². The molecule has 0 aromatic carbocycles. The number of carbonyl (C=O) groups excluding carboxylic acids is 3. The monoisotopic (exact) mass is 576 g/mol. The van der Waals surface area contributed by atoms with E-state index < -0.39 is 0 Å². The van der Waals surface area contributed by atoms with Crippen molar-refractivity contribution in [2.75, 3.05) is 0 Å². The van der Waals surface area contributed by atoms with Crippen LogP contribution in [0.5, 0.6) is 0 Å². The number of hydrogen-bond acceptors (Lipinski definition) is 5. The Bertz CT molecular complexity index is 1180. The number of aldehydes is 1. The third-order valence-corrected chi connectivity index (χ3v) is 7.53. The molecule has 0 saturated carbocycles. The zero-order chi connectivity index (χ0) is 31.7. The van der Waals surface area contributed by atoms with Gasteiger partial charge in [0.15, 0.2) is 0 Å². The molecule has 0 N–H and O–H groups in total. The number of hydrogen-bond donors (Lipinski definition) is 0. The largest absolute Gasteiger partial charge is 0.458 e. The average molecular weight is 577 g/mol. The lowest BCUT2D eigenvalue weighted by molar-refractivity contribution is -0.148. The summed E-state index contributed by atoms with van der Waals surface area (Å²) in [6.45, 7) is 20.2. The van der Waals surface area contributed by atoms with Crippen LogP contribution in [0.15, 0.2) is 94.4 Å². The Labute approximate surface area is 254 Å². The maximum atomic E-state index is 12.7. The number of ether oxygens (including phenoxy) is 2. The van der Waals surface area contributed by atoms with Crippen LogP contribution in [-0.2, 0) is 23.9 Å². The van der Waals surface area contributed by atoms with Crippen LogP contribution in [0.2, 0.25) is 0 Å². The first kappa shape index (κ1) is 36.6. The molecule has 0 fully saturated rings. The topological polar surface area (TPSA) is 69.7 Å². The number of unbranched alkanes of at least 4 members (excludes halogenated alkanes) is 2. The van der Waals surface area contributed by atoms with Gasteiger partial charge in [0.2, 0.25) is 0 Å². The Morgan fingerprint density at radius 3 is 2.24 bits per heavy atom. The number of esters is 2. The molecule has 5 heteroatoms. The summed E-state index contributed by atoms with van der Waals surface area (Å²) in [7, 11) is 0. The Hall–Kier alpha value is -3.47. The lowest BCUT2D eigenvalue weighted by atomic mass is 9.71. The molecule has 1 unspecified atom stereocenters. The van der Waals surface area contributed by atoms with Crippen LogP contribution < -0.4 is 0 Å². The summed E-state index contributed by atoms with van der Waals surface area (Å²) in [6.07, 6.45) is 21.1. The lowest BCUT2D eigenvalue weighted by Crippen LogP contribution is -2.30. The van der Waals surface area contributed by atoms with Crippen molar-refractivity contribution >= 4 is 18.2 Å². The molecule has 230 valence electrons. The standard InChI is InChI=1S/C37H52O5/c1-10-31(27(3)4)26-32(11-2)41-35(39)18-13-12-14-19-36(40)42-34-22-24-37(8,9)33(30(34)7)21-20-28(5)16-15-17-29(6)23-25-38/h11,15-17,20-21,23,25-26,34H,3,10,12-14,18-19,22,24H2,1-2,4-9H3/b17-15+,21-20+,28-16+,29-23+,31-26-,32-11?. The fourth-order valence-electron chi connectivity index (χ4n) is 4.83. The summed E-state index contributed by atoms with van der Waals surface area (Å²) in [4.78, 5) is 35.5. The van der Waals surface area contributed by atoms with Crippen LogP contribution in [-0.4, -0.2) is 24.3 Å². The first-order chi connectivity index (χ1) is 19.8. The van der Waals surface area contributed by atoms with E-state index in [4.69, 9.17) is 9.47 Å². The van der Waals surface area contributed by atoms with Crippen molar-refractivity contribution in [1.29, 1.82) is 0 Å². The van der Waals surface area contributed by atoms with Gasteiger partial charge in [0.1, 0.15) is 18.1 Å². The van der Waals surface area contributed by atoms with Crippen LogP contribution in [0.4, 0.5) is 0 Å². The maximum Gasteiger partial charge on any atom is 0.311 e. The molecule has 0 aromatic rings. The SMILES string of the molecule is C=C(C)/C(=C\C(=CC)OC(=O)CCCCCC(=O)OC1CCC(C)(C)C(/C=C/C(C)=C/C=C/C(C)=C/C=O)=C1C)CC. The van der Waals surface area contributed by atoms with Gasteiger partial charge >= 0.3 is 11.9 Å². The quantitative estimate of drug-likeness (QED) is 0.0457. The van der Waals surface area contributed by atoms with E-state index in [0.29, 0.717) is 31.4 Å². The highest BCUT2D eigenvalue weighted by molar-refractivity contribution is 5.71. The van der Waals surface area contributed by atoms with Gasteiger partial charge in [-0.15, -0.1) is 0 Å². The first-order valence-electron chi connectivity index (χ1n) is 15.1. The van der Waals surface area contributed by atoms with Crippen molar-refractivity contribution < 1.29 is 23.9 Å². The van der Waals surface area contributed by atoms with Gasteiger partial charge in [0.25, 0.3) is 0 Å². The molecule has 0 bridgehead atoms. The minimum absolute atomic E-state index is 0.0112. The van der Waals surface area contributed by atoms with Gasteiger partial charge in [0.05, 0.1) is 0 Å². The van der Waals surface area contributed by atoms with Crippen molar-refractivity contribution in [1.82, 2.24) is 0 Å². The van der Waals surface area contributed by atoms with E-state index in [0.717, 1.165) is 59.8 Å². The fourth-order valence-corrected chi connectivity index (χ4v) is 4.83. The second-order valence-corrected chi connectivity index (χ2v) is 11.7. The molecule has 1 aliphatic rings. The third-order valence-electron chi connectivity index (χ3n) is 7.53. The van der Waals surface area contributed by atoms with Gasteiger partial charge in [-0.25, -0.2) is 0 Å². The summed E-state index contributed by atoms with van der Waals surface area (Å²) in [5.74, 6) is 0.0766. The molecule has 0 aromatic heterocycles. The van der Waals surface area contributed by atoms with Crippen molar-refractivity contribution in [3.05, 3.63) is 94.4 Å². The molecule has 42 heavy (non-hydrogen) atoms. The van der Waals surface area contributed by atoms with Gasteiger partial charge in [-0.3, -0.25) is 14.4 Å². The lowest BCUT2D eigenvalue weighted by Gasteiger charge is -2.37. The normalized spacial score (nSPS) is 18.5. The molecule has 5 nitrogen and oxygen atoms in total. The van der Waals surface area contributed by atoms with E-state index in [9.17, 15) is 14.4 Å². The maximum absolute atomic E-state index is 12.7. The summed E-state index contributed by atoms with van der Waals surface area (Å²) in [5, 5.41) is 0. The molecular formula is C37H52O5. The summed E-state index contributed by atoms with van der Waals surface area (Å²) < 4.78 is 11.4. The Kier molecular flexibility index (Phi) is 16.4. The second-order valence-electron chi connectivity index (χ2n) is 11.7. The number of allylic oxidation sites excluding steroid dienone is 13. The summed E-state index contributed by atoms with van der Waals surface area (Å²) >= 11 is 0. The Balaban J connectivity index is 2.64. The van der Waals surface area contributed by atoms with Crippen LogP contribution in [0.1, 0.15) is 107 Å². The molecule has 0 heterocycles. The van der Waals surface area contributed by atoms with Crippen LogP contribution >= 0.6 is 0 Å². The van der Waals surface area contributed by atoms with Crippen LogP contribution in [0.3, 0.4) is 0 Å². The van der Waals surface area contributed by atoms with E-state index in [2.05, 4.69) is 39.5 Å². The van der Waals surface area contributed by atoms with Gasteiger partial charge in [-0.1, -0.05) is 75.3 Å². The van der Waals surface area contributed by atoms with Crippen molar-refractivity contribution in [2.45, 2.75) is 113 Å². The minimum Gasteiger partial charge on any atom is -0.458 e. The minimum atomic E-state index is -0.267. The third kappa shape index (κ3) is 13.5. The second kappa shape index (κ2) is 18.9. The summed E-state index contributed by atoms with van der Waals surface area (Å²) in [6, 6.07) is 0. The molecule has 0 aliphatic heterocycles. The average Bonchev–Trinajstić information content (AvgIpc) is 2.92. The smallest absolute Gasteiger partial charge is 0.311 e. The molecular weight excluding hydrogens is 524 g/mol. The molecule has 0 spiro atoms. The van der Waals surface area contributed by atoms with Crippen molar-refractivity contribution in [2.24, 2.45) is 5.41 Å². The van der Waals surface area contributed by atoms with Gasteiger partial charge < -0.3 is 9.47 Å². The van der Waals surface area contributed by atoms with E-state index >= 15 is 0 Å². The zero-order valence-corrected chi connectivity index (χ0v) is 27.2. The highest BCUT2D eigenvalue weighted by atomic mass is 16.5. The Morgan fingerprint density at radius 2 is 1.64 bits per heavy atom. The van der Waals surface area contributed by atoms with Crippen LogP contribution in [0.25, 0.3) is 0 Å². The highest BCUT2D eigenvalue weighted by Crippen LogP contribution is 2.42. The Morgan fingerprint density at radius 1 is 1.00 bits per heavy atom.